The molecule has 0 aliphatic heterocycles. The number of ether oxygens (including phenoxy) is 2. The lowest BCUT2D eigenvalue weighted by Crippen LogP contribution is -2.11. The van der Waals surface area contributed by atoms with Gasteiger partial charge >= 0.3 is 5.97 Å². The van der Waals surface area contributed by atoms with Gasteiger partial charge in [-0.15, -0.1) is 0 Å². The van der Waals surface area contributed by atoms with Gasteiger partial charge in [-0.3, -0.25) is 9.59 Å². The zero-order valence-corrected chi connectivity index (χ0v) is 15.6. The summed E-state index contributed by atoms with van der Waals surface area (Å²) in [5.74, 6) is 1.04. The van der Waals surface area contributed by atoms with E-state index >= 15 is 0 Å². The lowest BCUT2D eigenvalue weighted by molar-refractivity contribution is -0.132. The minimum atomic E-state index is -0.441. The fourth-order valence-corrected chi connectivity index (χ4v) is 3.42. The standard InChI is InChI=1S/C21H19N3O4/c1-12(25)28-20-9-16-17(10-19(20)27-2)22-11-23-21(16)24-14-6-7-15-13(8-14)4-3-5-18(15)26/h6-11H,3-5H2,1-2H3,(H,22,23,24). The molecule has 0 radical (unpaired) electrons. The Labute approximate surface area is 161 Å². The van der Waals surface area contributed by atoms with Crippen LogP contribution in [0, 0.1) is 0 Å². The molecule has 3 aromatic rings. The van der Waals surface area contributed by atoms with Crippen molar-refractivity contribution >= 4 is 34.2 Å². The summed E-state index contributed by atoms with van der Waals surface area (Å²) in [4.78, 5) is 32.0. The Hall–Kier alpha value is -3.48. The fourth-order valence-electron chi connectivity index (χ4n) is 3.42. The van der Waals surface area contributed by atoms with Crippen LogP contribution in [0.25, 0.3) is 10.9 Å². The molecule has 0 saturated heterocycles. The number of hydrogen-bond acceptors (Lipinski definition) is 7. The number of anilines is 2. The molecule has 7 nitrogen and oxygen atoms in total. The number of methoxy groups -OCH3 is 1. The summed E-state index contributed by atoms with van der Waals surface area (Å²) in [5, 5.41) is 3.97. The lowest BCUT2D eigenvalue weighted by Gasteiger charge is -2.17. The van der Waals surface area contributed by atoms with E-state index in [2.05, 4.69) is 15.3 Å². The molecule has 4 rings (SSSR count). The Morgan fingerprint density at radius 1 is 1.11 bits per heavy atom. The molecular formula is C21H19N3O4. The highest BCUT2D eigenvalue weighted by atomic mass is 16.6. The molecule has 0 amide bonds. The molecule has 0 unspecified atom stereocenters. The normalized spacial score (nSPS) is 13.1. The Morgan fingerprint density at radius 2 is 1.96 bits per heavy atom. The smallest absolute Gasteiger partial charge is 0.308 e. The largest absolute Gasteiger partial charge is 0.493 e. The van der Waals surface area contributed by atoms with Gasteiger partial charge in [0.05, 0.1) is 12.6 Å². The van der Waals surface area contributed by atoms with Crippen LogP contribution < -0.4 is 14.8 Å². The Balaban J connectivity index is 1.74. The number of ketones is 1. The van der Waals surface area contributed by atoms with Gasteiger partial charge in [0, 0.05) is 36.0 Å². The van der Waals surface area contributed by atoms with Crippen molar-refractivity contribution in [2.24, 2.45) is 0 Å². The third-order valence-corrected chi connectivity index (χ3v) is 4.69. The molecule has 142 valence electrons. The van der Waals surface area contributed by atoms with Crippen molar-refractivity contribution in [3.05, 3.63) is 47.8 Å². The molecule has 1 aliphatic carbocycles. The number of rotatable bonds is 4. The van der Waals surface area contributed by atoms with E-state index in [9.17, 15) is 9.59 Å². The van der Waals surface area contributed by atoms with Crippen molar-refractivity contribution in [1.29, 1.82) is 0 Å². The Kier molecular flexibility index (Phi) is 4.65. The quantitative estimate of drug-likeness (QED) is 0.546. The highest BCUT2D eigenvalue weighted by Crippen LogP contribution is 2.35. The first kappa shape index (κ1) is 17.9. The summed E-state index contributed by atoms with van der Waals surface area (Å²) in [7, 11) is 1.50. The van der Waals surface area contributed by atoms with Gasteiger partial charge in [0.15, 0.2) is 17.3 Å². The molecular weight excluding hydrogens is 358 g/mol. The second-order valence-electron chi connectivity index (χ2n) is 6.61. The van der Waals surface area contributed by atoms with Gasteiger partial charge < -0.3 is 14.8 Å². The molecule has 28 heavy (non-hydrogen) atoms. The van der Waals surface area contributed by atoms with E-state index in [1.165, 1.54) is 20.4 Å². The van der Waals surface area contributed by atoms with Crippen molar-refractivity contribution < 1.29 is 19.1 Å². The van der Waals surface area contributed by atoms with E-state index in [1.807, 2.05) is 18.2 Å². The zero-order chi connectivity index (χ0) is 19.7. The van der Waals surface area contributed by atoms with Gasteiger partial charge in [0.2, 0.25) is 0 Å². The topological polar surface area (TPSA) is 90.4 Å². The third kappa shape index (κ3) is 3.38. The van der Waals surface area contributed by atoms with Gasteiger partial charge in [-0.05, 0) is 42.7 Å². The number of nitrogens with one attached hydrogen (secondary N) is 1. The van der Waals surface area contributed by atoms with E-state index in [-0.39, 0.29) is 5.78 Å². The van der Waals surface area contributed by atoms with Crippen LogP contribution in [0.1, 0.15) is 35.7 Å². The molecule has 0 bridgehead atoms. The average molecular weight is 377 g/mol. The summed E-state index contributed by atoms with van der Waals surface area (Å²) in [6.07, 6.45) is 3.82. The zero-order valence-electron chi connectivity index (χ0n) is 15.6. The summed E-state index contributed by atoms with van der Waals surface area (Å²) in [6, 6.07) is 9.09. The fraction of sp³-hybridized carbons (Fsp3) is 0.238. The summed E-state index contributed by atoms with van der Waals surface area (Å²) in [5.41, 5.74) is 3.32. The van der Waals surface area contributed by atoms with E-state index in [4.69, 9.17) is 9.47 Å². The van der Waals surface area contributed by atoms with E-state index < -0.39 is 5.97 Å². The third-order valence-electron chi connectivity index (χ3n) is 4.69. The molecule has 2 aromatic carbocycles. The minimum absolute atomic E-state index is 0.193. The summed E-state index contributed by atoms with van der Waals surface area (Å²) >= 11 is 0. The second-order valence-corrected chi connectivity index (χ2v) is 6.61. The second kappa shape index (κ2) is 7.26. The van der Waals surface area contributed by atoms with Crippen molar-refractivity contribution in [3.63, 3.8) is 0 Å². The average Bonchev–Trinajstić information content (AvgIpc) is 2.67. The summed E-state index contributed by atoms with van der Waals surface area (Å²) < 4.78 is 10.5. The number of esters is 1. The molecule has 1 aromatic heterocycles. The van der Waals surface area contributed by atoms with Crippen LogP contribution in [-0.2, 0) is 11.2 Å². The number of carbonyl (C=O) groups is 2. The first-order valence-electron chi connectivity index (χ1n) is 8.99. The maximum atomic E-state index is 12.0. The monoisotopic (exact) mass is 377 g/mol. The highest BCUT2D eigenvalue weighted by molar-refractivity contribution is 5.99. The van der Waals surface area contributed by atoms with Gasteiger partial charge in [-0.1, -0.05) is 0 Å². The SMILES string of the molecule is COc1cc2ncnc(Nc3ccc4c(c3)CCCC4=O)c2cc1OC(C)=O. The summed E-state index contributed by atoms with van der Waals surface area (Å²) in [6.45, 7) is 1.33. The van der Waals surface area contributed by atoms with Crippen LogP contribution in [0.3, 0.4) is 0 Å². The predicted octanol–water partition coefficient (Wildman–Crippen LogP) is 3.83. The van der Waals surface area contributed by atoms with Crippen LogP contribution >= 0.6 is 0 Å². The Morgan fingerprint density at radius 3 is 2.75 bits per heavy atom. The highest BCUT2D eigenvalue weighted by Gasteiger charge is 2.18. The molecule has 1 heterocycles. The number of nitrogens with zero attached hydrogens (tertiary/aromatic N) is 2. The number of fused-ring (bicyclic) bond motifs is 2. The predicted molar refractivity (Wildman–Crippen MR) is 104 cm³/mol. The van der Waals surface area contributed by atoms with Crippen LogP contribution in [0.5, 0.6) is 11.5 Å². The van der Waals surface area contributed by atoms with E-state index in [0.29, 0.717) is 34.6 Å². The number of aryl methyl sites for hydroxylation is 1. The molecule has 1 N–H and O–H groups in total. The molecule has 1 aliphatic rings. The van der Waals surface area contributed by atoms with Crippen molar-refractivity contribution in [3.8, 4) is 11.5 Å². The molecule has 0 spiro atoms. The van der Waals surface area contributed by atoms with Crippen LogP contribution in [0.2, 0.25) is 0 Å². The van der Waals surface area contributed by atoms with Crippen LogP contribution in [0.4, 0.5) is 11.5 Å². The minimum Gasteiger partial charge on any atom is -0.493 e. The first-order chi connectivity index (χ1) is 13.5. The van der Waals surface area contributed by atoms with Gasteiger partial charge in [-0.25, -0.2) is 9.97 Å². The number of Topliss-reactive ketones (excluding diaryl/α,β-unsaturated/α-hetero) is 1. The molecule has 0 saturated carbocycles. The van der Waals surface area contributed by atoms with Crippen molar-refractivity contribution in [2.75, 3.05) is 12.4 Å². The van der Waals surface area contributed by atoms with Gasteiger partial charge in [0.1, 0.15) is 12.1 Å². The van der Waals surface area contributed by atoms with Crippen molar-refractivity contribution in [1.82, 2.24) is 9.97 Å². The van der Waals surface area contributed by atoms with Crippen LogP contribution in [0.15, 0.2) is 36.7 Å². The number of aromatic nitrogens is 2. The molecule has 0 fully saturated rings. The Bertz CT molecular complexity index is 1090. The van der Waals surface area contributed by atoms with Crippen LogP contribution in [-0.4, -0.2) is 28.8 Å². The maximum absolute atomic E-state index is 12.0. The number of hydrogen-bond donors (Lipinski definition) is 1. The number of carbonyl (C=O) groups excluding carboxylic acids is 2. The van der Waals surface area contributed by atoms with E-state index in [1.54, 1.807) is 12.1 Å². The van der Waals surface area contributed by atoms with Gasteiger partial charge in [0.25, 0.3) is 0 Å². The molecule has 7 heteroatoms. The maximum Gasteiger partial charge on any atom is 0.308 e. The number of benzene rings is 2. The first-order valence-corrected chi connectivity index (χ1v) is 8.99. The van der Waals surface area contributed by atoms with E-state index in [0.717, 1.165) is 29.7 Å². The van der Waals surface area contributed by atoms with Crippen molar-refractivity contribution in [2.45, 2.75) is 26.2 Å². The molecule has 0 atom stereocenters. The lowest BCUT2D eigenvalue weighted by atomic mass is 9.90. The van der Waals surface area contributed by atoms with Gasteiger partial charge in [-0.2, -0.15) is 0 Å².